The molecule has 0 saturated carbocycles. The summed E-state index contributed by atoms with van der Waals surface area (Å²) in [4.78, 5) is 0. The van der Waals surface area contributed by atoms with Gasteiger partial charge in [-0.15, -0.1) is 0 Å². The minimum Gasteiger partial charge on any atom is -0.539 e. The number of hydrogen-bond acceptors (Lipinski definition) is 4. The molecule has 142 valence electrons. The molecule has 28 heavy (non-hydrogen) atoms. The molecule has 3 N–H and O–H groups in total. The van der Waals surface area contributed by atoms with Crippen molar-refractivity contribution in [1.82, 2.24) is 0 Å². The van der Waals surface area contributed by atoms with Gasteiger partial charge in [0.1, 0.15) is 5.75 Å². The minimum absolute atomic E-state index is 0.326. The molecule has 3 rings (SSSR count). The van der Waals surface area contributed by atoms with Crippen molar-refractivity contribution in [2.75, 3.05) is 0 Å². The van der Waals surface area contributed by atoms with E-state index in [9.17, 15) is 10.0 Å². The Labute approximate surface area is 166 Å². The third-order valence-electron chi connectivity index (χ3n) is 4.93. The van der Waals surface area contributed by atoms with Gasteiger partial charge in [-0.1, -0.05) is 60.2 Å². The summed E-state index contributed by atoms with van der Waals surface area (Å²) in [5, 5.41) is 27.9. The molecule has 0 aliphatic rings. The standard InChI is InChI=1S/C22H24B2O4/c1-15-3-5-19(13-21(15)24(26)27)11-17-7-9-18(10-8-17)12-20-6-4-16(2)22(14-20)28-23-25/h3-10,13-14,23,25-27H,11-12H2,1-2H3. The molecule has 0 radical (unpaired) electrons. The lowest BCUT2D eigenvalue weighted by Crippen LogP contribution is -2.32. The number of rotatable bonds is 7. The fraction of sp³-hybridized carbons (Fsp3) is 0.182. The quantitative estimate of drug-likeness (QED) is 0.552. The van der Waals surface area contributed by atoms with Gasteiger partial charge in [0.15, 0.2) is 0 Å². The van der Waals surface area contributed by atoms with Crippen LogP contribution in [0.5, 0.6) is 5.75 Å². The van der Waals surface area contributed by atoms with E-state index in [1.165, 1.54) is 11.1 Å². The van der Waals surface area contributed by atoms with Gasteiger partial charge in [0.25, 0.3) is 0 Å². The van der Waals surface area contributed by atoms with Crippen LogP contribution in [0.1, 0.15) is 33.4 Å². The van der Waals surface area contributed by atoms with Crippen molar-refractivity contribution >= 4 is 20.3 Å². The van der Waals surface area contributed by atoms with Gasteiger partial charge < -0.3 is 19.7 Å². The number of hydrogen-bond donors (Lipinski definition) is 3. The first kappa shape index (κ1) is 20.2. The first-order valence-corrected chi connectivity index (χ1v) is 9.33. The summed E-state index contributed by atoms with van der Waals surface area (Å²) in [7, 11) is -1.77. The second-order valence-electron chi connectivity index (χ2n) is 7.11. The molecule has 0 saturated heterocycles. The van der Waals surface area contributed by atoms with E-state index in [1.54, 1.807) is 0 Å². The van der Waals surface area contributed by atoms with Gasteiger partial charge in [0.2, 0.25) is 0 Å². The molecule has 3 aromatic carbocycles. The molecule has 0 aliphatic heterocycles. The Balaban J connectivity index is 1.70. The van der Waals surface area contributed by atoms with Crippen LogP contribution in [-0.4, -0.2) is 29.9 Å². The SMILES string of the molecule is Cc1ccc(Cc2ccc(Cc3ccc(C)c(B(O)O)c3)cc2)cc1OBO. The Bertz CT molecular complexity index is 940. The molecule has 0 bridgehead atoms. The smallest absolute Gasteiger partial charge is 0.504 e. The van der Waals surface area contributed by atoms with Gasteiger partial charge in [-0.3, -0.25) is 0 Å². The molecule has 0 atom stereocenters. The van der Waals surface area contributed by atoms with Gasteiger partial charge in [-0.2, -0.15) is 0 Å². The van der Waals surface area contributed by atoms with E-state index in [0.717, 1.165) is 35.1 Å². The summed E-state index contributed by atoms with van der Waals surface area (Å²) < 4.78 is 5.26. The van der Waals surface area contributed by atoms with Crippen LogP contribution in [0.2, 0.25) is 0 Å². The van der Waals surface area contributed by atoms with Crippen molar-refractivity contribution in [2.45, 2.75) is 26.7 Å². The average Bonchev–Trinajstić information content (AvgIpc) is 2.67. The predicted molar refractivity (Wildman–Crippen MR) is 114 cm³/mol. The van der Waals surface area contributed by atoms with Crippen molar-refractivity contribution in [1.29, 1.82) is 0 Å². The Hall–Kier alpha value is -2.53. The molecule has 3 aromatic rings. The van der Waals surface area contributed by atoms with Crippen molar-refractivity contribution in [3.63, 3.8) is 0 Å². The molecule has 0 amide bonds. The molecule has 0 aliphatic carbocycles. The van der Waals surface area contributed by atoms with Crippen molar-refractivity contribution in [3.05, 3.63) is 94.0 Å². The van der Waals surface area contributed by atoms with Crippen LogP contribution in [0.15, 0.2) is 60.7 Å². The molecule has 0 unspecified atom stereocenters. The maximum absolute atomic E-state index is 9.47. The van der Waals surface area contributed by atoms with E-state index in [1.807, 2.05) is 44.2 Å². The maximum atomic E-state index is 9.47. The monoisotopic (exact) mass is 374 g/mol. The summed E-state index contributed by atoms with van der Waals surface area (Å²) in [5.74, 6) is 0.706. The van der Waals surface area contributed by atoms with Crippen LogP contribution in [0, 0.1) is 13.8 Å². The zero-order chi connectivity index (χ0) is 20.1. The summed E-state index contributed by atoms with van der Waals surface area (Å²) in [6.45, 7) is 3.82. The van der Waals surface area contributed by atoms with Crippen LogP contribution in [0.4, 0.5) is 0 Å². The van der Waals surface area contributed by atoms with E-state index >= 15 is 0 Å². The highest BCUT2D eigenvalue weighted by molar-refractivity contribution is 6.59. The van der Waals surface area contributed by atoms with E-state index < -0.39 is 7.12 Å². The number of benzene rings is 3. The summed E-state index contributed by atoms with van der Waals surface area (Å²) in [6.07, 6.45) is 1.52. The number of aryl methyl sites for hydroxylation is 2. The Morgan fingerprint density at radius 2 is 1.25 bits per heavy atom. The van der Waals surface area contributed by atoms with E-state index in [4.69, 9.17) is 9.68 Å². The van der Waals surface area contributed by atoms with Crippen LogP contribution >= 0.6 is 0 Å². The molecule has 0 spiro atoms. The van der Waals surface area contributed by atoms with Crippen LogP contribution in [0.3, 0.4) is 0 Å². The topological polar surface area (TPSA) is 69.9 Å². The molecule has 4 nitrogen and oxygen atoms in total. The Kier molecular flexibility index (Phi) is 6.57. The van der Waals surface area contributed by atoms with Crippen LogP contribution in [-0.2, 0) is 12.8 Å². The van der Waals surface area contributed by atoms with Gasteiger partial charge in [0.05, 0.1) is 0 Å². The average molecular weight is 374 g/mol. The molecular formula is C22H24B2O4. The third kappa shape index (κ3) is 5.04. The summed E-state index contributed by atoms with van der Waals surface area (Å²) in [5.41, 5.74) is 6.95. The van der Waals surface area contributed by atoms with Gasteiger partial charge in [0, 0.05) is 0 Å². The molecular weight excluding hydrogens is 350 g/mol. The van der Waals surface area contributed by atoms with Crippen LogP contribution in [0.25, 0.3) is 0 Å². The zero-order valence-electron chi connectivity index (χ0n) is 16.2. The summed E-state index contributed by atoms with van der Waals surface area (Å²) in [6, 6.07) is 20.2. The second-order valence-corrected chi connectivity index (χ2v) is 7.11. The first-order chi connectivity index (χ1) is 13.5. The van der Waals surface area contributed by atoms with Crippen molar-refractivity contribution in [3.8, 4) is 5.75 Å². The van der Waals surface area contributed by atoms with Gasteiger partial charge in [-0.25, -0.2) is 0 Å². The Morgan fingerprint density at radius 3 is 1.79 bits per heavy atom. The van der Waals surface area contributed by atoms with Crippen LogP contribution < -0.4 is 10.1 Å². The maximum Gasteiger partial charge on any atom is 0.504 e. The van der Waals surface area contributed by atoms with Gasteiger partial charge in [-0.05, 0) is 66.0 Å². The highest BCUT2D eigenvalue weighted by Gasteiger charge is 2.14. The fourth-order valence-corrected chi connectivity index (χ4v) is 3.30. The lowest BCUT2D eigenvalue weighted by Gasteiger charge is -2.10. The largest absolute Gasteiger partial charge is 0.539 e. The highest BCUT2D eigenvalue weighted by Crippen LogP contribution is 2.21. The normalized spacial score (nSPS) is 10.6. The van der Waals surface area contributed by atoms with E-state index in [-0.39, 0.29) is 7.69 Å². The lowest BCUT2D eigenvalue weighted by atomic mass is 9.76. The lowest BCUT2D eigenvalue weighted by molar-refractivity contribution is 0.425. The van der Waals surface area contributed by atoms with Crippen molar-refractivity contribution < 1.29 is 19.7 Å². The summed E-state index contributed by atoms with van der Waals surface area (Å²) >= 11 is 0. The highest BCUT2D eigenvalue weighted by atomic mass is 16.5. The van der Waals surface area contributed by atoms with E-state index in [0.29, 0.717) is 11.2 Å². The predicted octanol–water partition coefficient (Wildman–Crippen LogP) is 1.80. The second kappa shape index (κ2) is 9.11. The zero-order valence-corrected chi connectivity index (χ0v) is 16.2. The molecule has 0 heterocycles. The van der Waals surface area contributed by atoms with E-state index in [2.05, 4.69) is 30.3 Å². The third-order valence-corrected chi connectivity index (χ3v) is 4.93. The molecule has 6 heteroatoms. The first-order valence-electron chi connectivity index (χ1n) is 9.33. The Morgan fingerprint density at radius 1 is 0.750 bits per heavy atom. The fourth-order valence-electron chi connectivity index (χ4n) is 3.30. The minimum atomic E-state index is -1.45. The molecule has 0 fully saturated rings. The molecule has 0 aromatic heterocycles. The van der Waals surface area contributed by atoms with Gasteiger partial charge >= 0.3 is 14.8 Å². The van der Waals surface area contributed by atoms with Crippen molar-refractivity contribution in [2.24, 2.45) is 0 Å².